The lowest BCUT2D eigenvalue weighted by Gasteiger charge is -2.07. The monoisotopic (exact) mass is 271 g/mol. The summed E-state index contributed by atoms with van der Waals surface area (Å²) in [5.74, 6) is -0.264. The lowest BCUT2D eigenvalue weighted by Crippen LogP contribution is -2.17. The molecule has 4 heteroatoms. The first-order chi connectivity index (χ1) is 7.29. The minimum Gasteiger partial charge on any atom is -0.461 e. The number of alkyl halides is 1. The third-order valence-electron chi connectivity index (χ3n) is 1.97. The average Bonchev–Trinajstić information content (AvgIpc) is 2.29. The molecule has 0 heterocycles. The number of likely N-dealkylation sites (N-methyl/N-ethyl adjacent to an activating group) is 1. The SMILES string of the molecule is CNCCOC(=O)c1ccccc1CBr. The zero-order valence-corrected chi connectivity index (χ0v) is 10.2. The first-order valence-electron chi connectivity index (χ1n) is 4.75. The van der Waals surface area contributed by atoms with Crippen LogP contribution >= 0.6 is 15.9 Å². The lowest BCUT2D eigenvalue weighted by atomic mass is 10.1. The number of rotatable bonds is 5. The second-order valence-corrected chi connectivity index (χ2v) is 3.59. The number of carbonyl (C=O) groups excluding carboxylic acids is 1. The van der Waals surface area contributed by atoms with Gasteiger partial charge in [-0.2, -0.15) is 0 Å². The quantitative estimate of drug-likeness (QED) is 0.506. The van der Waals surface area contributed by atoms with E-state index in [0.717, 1.165) is 5.56 Å². The van der Waals surface area contributed by atoms with Crippen molar-refractivity contribution < 1.29 is 9.53 Å². The Bertz CT molecular complexity index is 328. The molecule has 0 atom stereocenters. The highest BCUT2D eigenvalue weighted by molar-refractivity contribution is 9.08. The van der Waals surface area contributed by atoms with Gasteiger partial charge < -0.3 is 10.1 Å². The molecule has 0 saturated heterocycles. The molecule has 1 aromatic carbocycles. The maximum atomic E-state index is 11.6. The number of esters is 1. The van der Waals surface area contributed by atoms with E-state index in [4.69, 9.17) is 4.74 Å². The third kappa shape index (κ3) is 3.64. The van der Waals surface area contributed by atoms with Crippen LogP contribution in [0.1, 0.15) is 15.9 Å². The van der Waals surface area contributed by atoms with Gasteiger partial charge in [0.2, 0.25) is 0 Å². The molecule has 0 radical (unpaired) electrons. The molecule has 0 saturated carbocycles. The molecule has 0 fully saturated rings. The Hall–Kier alpha value is -0.870. The summed E-state index contributed by atoms with van der Waals surface area (Å²) in [7, 11) is 1.82. The summed E-state index contributed by atoms with van der Waals surface area (Å²) < 4.78 is 5.09. The highest BCUT2D eigenvalue weighted by atomic mass is 79.9. The van der Waals surface area contributed by atoms with Crippen LogP contribution < -0.4 is 5.32 Å². The number of halogens is 1. The van der Waals surface area contributed by atoms with E-state index in [1.165, 1.54) is 0 Å². The molecule has 1 rings (SSSR count). The summed E-state index contributed by atoms with van der Waals surface area (Å²) in [5.41, 5.74) is 1.58. The van der Waals surface area contributed by atoms with Crippen molar-refractivity contribution in [2.45, 2.75) is 5.33 Å². The van der Waals surface area contributed by atoms with Gasteiger partial charge in [-0.05, 0) is 18.7 Å². The average molecular weight is 272 g/mol. The van der Waals surface area contributed by atoms with Crippen molar-refractivity contribution in [3.8, 4) is 0 Å². The fourth-order valence-electron chi connectivity index (χ4n) is 1.16. The van der Waals surface area contributed by atoms with Crippen LogP contribution in [0.2, 0.25) is 0 Å². The maximum absolute atomic E-state index is 11.6. The topological polar surface area (TPSA) is 38.3 Å². The zero-order valence-electron chi connectivity index (χ0n) is 8.63. The Kier molecular flexibility index (Phi) is 5.36. The van der Waals surface area contributed by atoms with Crippen molar-refractivity contribution in [1.82, 2.24) is 5.32 Å². The van der Waals surface area contributed by atoms with Crippen LogP contribution in [0.15, 0.2) is 24.3 Å². The van der Waals surface area contributed by atoms with Gasteiger partial charge in [-0.3, -0.25) is 0 Å². The molecule has 3 nitrogen and oxygen atoms in total. The highest BCUT2D eigenvalue weighted by Crippen LogP contribution is 2.13. The summed E-state index contributed by atoms with van der Waals surface area (Å²) in [6.45, 7) is 1.06. The predicted molar refractivity (Wildman–Crippen MR) is 63.3 cm³/mol. The van der Waals surface area contributed by atoms with Crippen molar-refractivity contribution in [1.29, 1.82) is 0 Å². The molecular weight excluding hydrogens is 258 g/mol. The van der Waals surface area contributed by atoms with Gasteiger partial charge in [-0.1, -0.05) is 34.1 Å². The minimum absolute atomic E-state index is 0.264. The number of ether oxygens (including phenoxy) is 1. The molecular formula is C11H14BrNO2. The Morgan fingerprint density at radius 2 is 2.20 bits per heavy atom. The second-order valence-electron chi connectivity index (χ2n) is 3.03. The van der Waals surface area contributed by atoms with E-state index < -0.39 is 0 Å². The predicted octanol–water partition coefficient (Wildman–Crippen LogP) is 1.96. The van der Waals surface area contributed by atoms with Gasteiger partial charge in [0.1, 0.15) is 6.61 Å². The van der Waals surface area contributed by atoms with Gasteiger partial charge in [-0.15, -0.1) is 0 Å². The van der Waals surface area contributed by atoms with E-state index in [1.807, 2.05) is 25.2 Å². The van der Waals surface area contributed by atoms with Gasteiger partial charge in [0.25, 0.3) is 0 Å². The summed E-state index contributed by atoms with van der Waals surface area (Å²) in [5, 5.41) is 3.57. The standard InChI is InChI=1S/C11H14BrNO2/c1-13-6-7-15-11(14)10-5-3-2-4-9(10)8-12/h2-5,13H,6-8H2,1H3. The van der Waals surface area contributed by atoms with E-state index in [-0.39, 0.29) is 5.97 Å². The molecule has 82 valence electrons. The summed E-state index contributed by atoms with van der Waals surface area (Å²) in [6.07, 6.45) is 0. The molecule has 0 amide bonds. The fraction of sp³-hybridized carbons (Fsp3) is 0.364. The number of hydrogen-bond donors (Lipinski definition) is 1. The van der Waals surface area contributed by atoms with Crippen molar-refractivity contribution in [3.05, 3.63) is 35.4 Å². The molecule has 0 aliphatic carbocycles. The number of hydrogen-bond acceptors (Lipinski definition) is 3. The first kappa shape index (κ1) is 12.2. The molecule has 15 heavy (non-hydrogen) atoms. The molecule has 0 aliphatic heterocycles. The summed E-state index contributed by atoms with van der Waals surface area (Å²) in [6, 6.07) is 7.42. The molecule has 0 aliphatic rings. The van der Waals surface area contributed by atoms with E-state index >= 15 is 0 Å². The van der Waals surface area contributed by atoms with Crippen LogP contribution in [-0.2, 0) is 10.1 Å². The van der Waals surface area contributed by atoms with Crippen LogP contribution in [0.3, 0.4) is 0 Å². The minimum atomic E-state index is -0.264. The normalized spacial score (nSPS) is 10.0. The zero-order chi connectivity index (χ0) is 11.1. The van der Waals surface area contributed by atoms with Gasteiger partial charge in [-0.25, -0.2) is 4.79 Å². The molecule has 1 aromatic rings. The summed E-state index contributed by atoms with van der Waals surface area (Å²) >= 11 is 3.34. The van der Waals surface area contributed by atoms with Gasteiger partial charge in [0, 0.05) is 11.9 Å². The van der Waals surface area contributed by atoms with E-state index in [1.54, 1.807) is 6.07 Å². The van der Waals surface area contributed by atoms with Crippen LogP contribution in [0.5, 0.6) is 0 Å². The smallest absolute Gasteiger partial charge is 0.338 e. The van der Waals surface area contributed by atoms with E-state index in [0.29, 0.717) is 24.0 Å². The largest absolute Gasteiger partial charge is 0.461 e. The Labute approximate surface area is 97.9 Å². The number of benzene rings is 1. The fourth-order valence-corrected chi connectivity index (χ4v) is 1.65. The first-order valence-corrected chi connectivity index (χ1v) is 5.87. The third-order valence-corrected chi connectivity index (χ3v) is 2.57. The molecule has 0 unspecified atom stereocenters. The van der Waals surface area contributed by atoms with Crippen LogP contribution in [0.25, 0.3) is 0 Å². The lowest BCUT2D eigenvalue weighted by molar-refractivity contribution is 0.0509. The number of carbonyl (C=O) groups is 1. The molecule has 0 bridgehead atoms. The Morgan fingerprint density at radius 1 is 1.47 bits per heavy atom. The van der Waals surface area contributed by atoms with Crippen LogP contribution in [0.4, 0.5) is 0 Å². The summed E-state index contributed by atoms with van der Waals surface area (Å²) in [4.78, 5) is 11.6. The highest BCUT2D eigenvalue weighted by Gasteiger charge is 2.10. The Balaban J connectivity index is 2.64. The van der Waals surface area contributed by atoms with Crippen molar-refractivity contribution in [3.63, 3.8) is 0 Å². The van der Waals surface area contributed by atoms with E-state index in [9.17, 15) is 4.79 Å². The van der Waals surface area contributed by atoms with E-state index in [2.05, 4.69) is 21.2 Å². The van der Waals surface area contributed by atoms with Crippen LogP contribution in [-0.4, -0.2) is 26.2 Å². The second kappa shape index (κ2) is 6.58. The van der Waals surface area contributed by atoms with Gasteiger partial charge in [0.05, 0.1) is 5.56 Å². The van der Waals surface area contributed by atoms with Gasteiger partial charge in [0.15, 0.2) is 0 Å². The Morgan fingerprint density at radius 3 is 2.87 bits per heavy atom. The van der Waals surface area contributed by atoms with Gasteiger partial charge >= 0.3 is 5.97 Å². The van der Waals surface area contributed by atoms with Crippen molar-refractivity contribution in [2.75, 3.05) is 20.2 Å². The van der Waals surface area contributed by atoms with Crippen LogP contribution in [0, 0.1) is 0 Å². The number of nitrogens with one attached hydrogen (secondary N) is 1. The molecule has 0 aromatic heterocycles. The molecule has 0 spiro atoms. The van der Waals surface area contributed by atoms with Crippen molar-refractivity contribution >= 4 is 21.9 Å². The van der Waals surface area contributed by atoms with Crippen molar-refractivity contribution in [2.24, 2.45) is 0 Å². The maximum Gasteiger partial charge on any atom is 0.338 e. The molecule has 1 N–H and O–H groups in total.